The number of hydrogen-bond donors (Lipinski definition) is 0. The molecule has 0 aliphatic rings. The average Bonchev–Trinajstić information content (AvgIpc) is 2.59. The Kier molecular flexibility index (Phi) is 5.60. The Labute approximate surface area is 156 Å². The summed E-state index contributed by atoms with van der Waals surface area (Å²) in [7, 11) is 0. The Morgan fingerprint density at radius 1 is 1.04 bits per heavy atom. The summed E-state index contributed by atoms with van der Waals surface area (Å²) in [5.41, 5.74) is -0.544. The molecule has 0 bridgehead atoms. The topological polar surface area (TPSA) is 64.4 Å². The number of benzene rings is 2. The van der Waals surface area contributed by atoms with E-state index in [0.717, 1.165) is 28.8 Å². The van der Waals surface area contributed by atoms with Gasteiger partial charge in [0.05, 0.1) is 11.1 Å². The van der Waals surface area contributed by atoms with E-state index in [-0.39, 0.29) is 5.56 Å². The predicted molar refractivity (Wildman–Crippen MR) is 95.2 cm³/mol. The van der Waals surface area contributed by atoms with E-state index >= 15 is 0 Å². The van der Waals surface area contributed by atoms with E-state index in [4.69, 9.17) is 0 Å². The van der Waals surface area contributed by atoms with Crippen molar-refractivity contribution in [1.29, 1.82) is 5.26 Å². The minimum absolute atomic E-state index is 0.262. The first-order valence-corrected chi connectivity index (χ1v) is 8.17. The van der Waals surface area contributed by atoms with Gasteiger partial charge in [-0.2, -0.15) is 5.26 Å². The Balaban J connectivity index is 2.54. The van der Waals surface area contributed by atoms with Crippen molar-refractivity contribution in [1.82, 2.24) is 10.0 Å². The highest BCUT2D eigenvalue weighted by atomic mass is 19.2. The molecule has 2 amide bonds. The fourth-order valence-corrected chi connectivity index (χ4v) is 2.56. The predicted octanol–water partition coefficient (Wildman–Crippen LogP) is 4.05. The maximum atomic E-state index is 14.1. The number of nitriles is 1. The van der Waals surface area contributed by atoms with Crippen molar-refractivity contribution in [3.63, 3.8) is 0 Å². The van der Waals surface area contributed by atoms with E-state index in [2.05, 4.69) is 0 Å². The van der Waals surface area contributed by atoms with Crippen LogP contribution in [0.15, 0.2) is 42.5 Å². The van der Waals surface area contributed by atoms with E-state index in [0.29, 0.717) is 5.01 Å². The van der Waals surface area contributed by atoms with E-state index < -0.39 is 34.6 Å². The first kappa shape index (κ1) is 20.0. The van der Waals surface area contributed by atoms with Crippen LogP contribution in [0.3, 0.4) is 0 Å². The van der Waals surface area contributed by atoms with Crippen LogP contribution in [0.4, 0.5) is 8.78 Å². The minimum atomic E-state index is -1.38. The lowest BCUT2D eigenvalue weighted by Crippen LogP contribution is -2.56. The maximum Gasteiger partial charge on any atom is 0.289 e. The Morgan fingerprint density at radius 2 is 1.67 bits per heavy atom. The molecular formula is C20H19F2N3O2. The first-order chi connectivity index (χ1) is 12.6. The highest BCUT2D eigenvalue weighted by Gasteiger charge is 2.37. The molecule has 0 saturated carbocycles. The fourth-order valence-electron chi connectivity index (χ4n) is 2.56. The van der Waals surface area contributed by atoms with Crippen LogP contribution in [-0.2, 0) is 0 Å². The highest BCUT2D eigenvalue weighted by Crippen LogP contribution is 2.23. The molecule has 2 rings (SSSR count). The third-order valence-electron chi connectivity index (χ3n) is 3.76. The number of halogens is 2. The van der Waals surface area contributed by atoms with Gasteiger partial charge in [0.15, 0.2) is 11.6 Å². The zero-order valence-corrected chi connectivity index (χ0v) is 15.5. The Morgan fingerprint density at radius 3 is 2.22 bits per heavy atom. The van der Waals surface area contributed by atoms with Gasteiger partial charge in [0.25, 0.3) is 11.8 Å². The SMILES string of the molecule is Cc1cccc(C(=O)N(N(C#N)C(=O)c2cccc(F)c2F)C(C)(C)C)c1. The zero-order chi connectivity index (χ0) is 20.4. The summed E-state index contributed by atoms with van der Waals surface area (Å²) in [4.78, 5) is 25.8. The van der Waals surface area contributed by atoms with E-state index in [9.17, 15) is 23.6 Å². The van der Waals surface area contributed by atoms with Gasteiger partial charge in [-0.1, -0.05) is 23.8 Å². The Hall–Kier alpha value is -3.27. The summed E-state index contributed by atoms with van der Waals surface area (Å²) < 4.78 is 27.6. The third kappa shape index (κ3) is 4.11. The summed E-state index contributed by atoms with van der Waals surface area (Å²) in [6, 6.07) is 9.72. The number of hydrogen-bond acceptors (Lipinski definition) is 3. The second-order valence-corrected chi connectivity index (χ2v) is 6.98. The molecule has 140 valence electrons. The van der Waals surface area contributed by atoms with Gasteiger partial charge < -0.3 is 0 Å². The van der Waals surface area contributed by atoms with Crippen molar-refractivity contribution in [2.75, 3.05) is 0 Å². The smallest absolute Gasteiger partial charge is 0.267 e. The number of carbonyl (C=O) groups is 2. The molecule has 2 aromatic carbocycles. The molecule has 5 nitrogen and oxygen atoms in total. The monoisotopic (exact) mass is 371 g/mol. The molecule has 0 spiro atoms. The number of rotatable bonds is 2. The first-order valence-electron chi connectivity index (χ1n) is 8.17. The van der Waals surface area contributed by atoms with Gasteiger partial charge in [-0.3, -0.25) is 9.59 Å². The fraction of sp³-hybridized carbons (Fsp3) is 0.250. The van der Waals surface area contributed by atoms with Crippen LogP contribution in [0, 0.1) is 30.0 Å². The summed E-state index contributed by atoms with van der Waals surface area (Å²) in [6.07, 6.45) is 1.62. The number of carbonyl (C=O) groups excluding carboxylic acids is 2. The van der Waals surface area contributed by atoms with Crippen molar-refractivity contribution in [3.8, 4) is 6.19 Å². The quantitative estimate of drug-likeness (QED) is 0.454. The van der Waals surface area contributed by atoms with Crippen molar-refractivity contribution in [3.05, 3.63) is 70.8 Å². The molecule has 0 unspecified atom stereocenters. The normalized spacial score (nSPS) is 10.9. The van der Waals surface area contributed by atoms with Crippen LogP contribution in [0.25, 0.3) is 0 Å². The largest absolute Gasteiger partial charge is 0.289 e. The summed E-state index contributed by atoms with van der Waals surface area (Å²) in [5.74, 6) is -4.34. The van der Waals surface area contributed by atoms with E-state index in [1.807, 2.05) is 0 Å². The van der Waals surface area contributed by atoms with Gasteiger partial charge >= 0.3 is 0 Å². The summed E-state index contributed by atoms with van der Waals surface area (Å²) in [6.45, 7) is 6.67. The number of amides is 2. The van der Waals surface area contributed by atoms with Crippen LogP contribution in [0.2, 0.25) is 0 Å². The van der Waals surface area contributed by atoms with Crippen LogP contribution in [0.1, 0.15) is 47.1 Å². The van der Waals surface area contributed by atoms with Gasteiger partial charge in [-0.25, -0.2) is 13.8 Å². The molecular weight excluding hydrogens is 352 g/mol. The molecule has 2 aromatic rings. The van der Waals surface area contributed by atoms with E-state index in [1.54, 1.807) is 58.2 Å². The van der Waals surface area contributed by atoms with Gasteiger partial charge in [0.1, 0.15) is 0 Å². The Bertz CT molecular complexity index is 930. The molecule has 0 aromatic heterocycles. The van der Waals surface area contributed by atoms with Crippen LogP contribution in [0.5, 0.6) is 0 Å². The summed E-state index contributed by atoms with van der Waals surface area (Å²) >= 11 is 0. The molecule has 0 heterocycles. The lowest BCUT2D eigenvalue weighted by molar-refractivity contribution is -0.0169. The lowest BCUT2D eigenvalue weighted by Gasteiger charge is -2.39. The van der Waals surface area contributed by atoms with Crippen LogP contribution < -0.4 is 0 Å². The van der Waals surface area contributed by atoms with Crippen LogP contribution in [-0.4, -0.2) is 27.4 Å². The van der Waals surface area contributed by atoms with Gasteiger partial charge in [-0.05, 0) is 52.0 Å². The number of aryl methyl sites for hydroxylation is 1. The second kappa shape index (κ2) is 7.54. The molecule has 0 N–H and O–H groups in total. The average molecular weight is 371 g/mol. The van der Waals surface area contributed by atoms with Crippen molar-refractivity contribution in [2.45, 2.75) is 33.2 Å². The zero-order valence-electron chi connectivity index (χ0n) is 15.5. The van der Waals surface area contributed by atoms with Gasteiger partial charge in [-0.15, -0.1) is 5.01 Å². The maximum absolute atomic E-state index is 14.1. The molecule has 0 aliphatic heterocycles. The minimum Gasteiger partial charge on any atom is -0.267 e. The van der Waals surface area contributed by atoms with Crippen molar-refractivity contribution >= 4 is 11.8 Å². The molecule has 7 heteroatoms. The molecule has 27 heavy (non-hydrogen) atoms. The van der Waals surface area contributed by atoms with E-state index in [1.165, 1.54) is 0 Å². The molecule has 0 aliphatic carbocycles. The molecule has 0 atom stereocenters. The van der Waals surface area contributed by atoms with Gasteiger partial charge in [0, 0.05) is 5.56 Å². The number of nitrogens with zero attached hydrogens (tertiary/aromatic N) is 3. The van der Waals surface area contributed by atoms with Crippen molar-refractivity contribution < 1.29 is 18.4 Å². The van der Waals surface area contributed by atoms with Crippen LogP contribution >= 0.6 is 0 Å². The standard InChI is InChI=1S/C20H19F2N3O2/c1-13-7-5-8-14(11-13)18(26)25(20(2,3)4)24(12-23)19(27)15-9-6-10-16(21)17(15)22/h5-11H,1-4H3. The lowest BCUT2D eigenvalue weighted by atomic mass is 10.0. The van der Waals surface area contributed by atoms with Crippen molar-refractivity contribution in [2.24, 2.45) is 0 Å². The molecule has 0 radical (unpaired) electrons. The molecule has 0 fully saturated rings. The highest BCUT2D eigenvalue weighted by molar-refractivity contribution is 6.00. The number of hydrazine groups is 1. The second-order valence-electron chi connectivity index (χ2n) is 6.98. The molecule has 0 saturated heterocycles. The van der Waals surface area contributed by atoms with Gasteiger partial charge in [0.2, 0.25) is 6.19 Å². The third-order valence-corrected chi connectivity index (χ3v) is 3.76. The summed E-state index contributed by atoms with van der Waals surface area (Å²) in [5, 5.41) is 10.9.